The summed E-state index contributed by atoms with van der Waals surface area (Å²) in [5.41, 5.74) is 5.79. The predicted molar refractivity (Wildman–Crippen MR) is 119 cm³/mol. The van der Waals surface area contributed by atoms with E-state index in [0.717, 1.165) is 34.8 Å². The zero-order chi connectivity index (χ0) is 20.7. The van der Waals surface area contributed by atoms with Gasteiger partial charge in [0.25, 0.3) is 0 Å². The fourth-order valence-electron chi connectivity index (χ4n) is 4.28. The first kappa shape index (κ1) is 18.7. The molecule has 4 heteroatoms. The van der Waals surface area contributed by atoms with E-state index in [4.69, 9.17) is 14.6 Å². The predicted octanol–water partition coefficient (Wildman–Crippen LogP) is 6.06. The second-order valence-electron chi connectivity index (χ2n) is 8.21. The summed E-state index contributed by atoms with van der Waals surface area (Å²) in [6, 6.07) is 25.3. The molecule has 0 aliphatic carbocycles. The van der Waals surface area contributed by atoms with Gasteiger partial charge in [-0.2, -0.15) is 5.10 Å². The van der Waals surface area contributed by atoms with Gasteiger partial charge in [-0.05, 0) is 29.7 Å². The third kappa shape index (κ3) is 3.22. The molecule has 0 aromatic heterocycles. The van der Waals surface area contributed by atoms with Crippen molar-refractivity contribution in [2.45, 2.75) is 38.5 Å². The summed E-state index contributed by atoms with van der Waals surface area (Å²) in [4.78, 5) is 0. The number of rotatable bonds is 4. The van der Waals surface area contributed by atoms with Crippen molar-refractivity contribution in [3.8, 4) is 11.5 Å². The van der Waals surface area contributed by atoms with Crippen molar-refractivity contribution in [2.24, 2.45) is 5.10 Å². The fourth-order valence-corrected chi connectivity index (χ4v) is 4.28. The van der Waals surface area contributed by atoms with Gasteiger partial charge in [-0.15, -0.1) is 0 Å². The monoisotopic (exact) mass is 398 g/mol. The standard InChI is InChI=1S/C26H26N2O2/c1-17(2)18-11-13-19(14-12-18)26-28-24(22-9-4-5-10-25(22)30-26)16-23(27-28)20-7-6-8-21(15-20)29-3/h4-15,17,24,26H,16H2,1-3H3/t24-,26+/m0/s1. The van der Waals surface area contributed by atoms with E-state index in [2.05, 4.69) is 73.5 Å². The third-order valence-corrected chi connectivity index (χ3v) is 5.99. The van der Waals surface area contributed by atoms with Crippen molar-refractivity contribution < 1.29 is 9.47 Å². The van der Waals surface area contributed by atoms with Crippen LogP contribution in [0.4, 0.5) is 0 Å². The quantitative estimate of drug-likeness (QED) is 0.536. The molecule has 0 amide bonds. The molecule has 0 N–H and O–H groups in total. The van der Waals surface area contributed by atoms with Gasteiger partial charge in [0.05, 0.1) is 18.9 Å². The first-order valence-corrected chi connectivity index (χ1v) is 10.5. The van der Waals surface area contributed by atoms with E-state index in [0.29, 0.717) is 5.92 Å². The first-order chi connectivity index (χ1) is 14.6. The Morgan fingerprint density at radius 3 is 2.57 bits per heavy atom. The lowest BCUT2D eigenvalue weighted by atomic mass is 9.95. The highest BCUT2D eigenvalue weighted by atomic mass is 16.5. The van der Waals surface area contributed by atoms with Crippen LogP contribution in [0, 0.1) is 0 Å². The minimum Gasteiger partial charge on any atom is -0.497 e. The molecule has 30 heavy (non-hydrogen) atoms. The topological polar surface area (TPSA) is 34.1 Å². The number of ether oxygens (including phenoxy) is 2. The Morgan fingerprint density at radius 2 is 1.80 bits per heavy atom. The highest BCUT2D eigenvalue weighted by molar-refractivity contribution is 6.02. The fraction of sp³-hybridized carbons (Fsp3) is 0.269. The van der Waals surface area contributed by atoms with Crippen LogP contribution in [0.1, 0.15) is 60.7 Å². The van der Waals surface area contributed by atoms with Gasteiger partial charge in [-0.25, -0.2) is 5.01 Å². The van der Waals surface area contributed by atoms with Crippen LogP contribution in [-0.2, 0) is 0 Å². The summed E-state index contributed by atoms with van der Waals surface area (Å²) >= 11 is 0. The Hall–Kier alpha value is -3.27. The first-order valence-electron chi connectivity index (χ1n) is 10.5. The lowest BCUT2D eigenvalue weighted by Crippen LogP contribution is -2.33. The molecule has 0 bridgehead atoms. The molecule has 2 atom stereocenters. The van der Waals surface area contributed by atoms with Gasteiger partial charge in [0, 0.05) is 23.1 Å². The molecule has 4 nitrogen and oxygen atoms in total. The summed E-state index contributed by atoms with van der Waals surface area (Å²) in [5.74, 6) is 2.29. The van der Waals surface area contributed by atoms with E-state index >= 15 is 0 Å². The number of fused-ring (bicyclic) bond motifs is 3. The van der Waals surface area contributed by atoms with E-state index < -0.39 is 0 Å². The molecule has 2 aliphatic rings. The SMILES string of the molecule is COc1cccc(C2=NN3[C@@H](c4ccc(C(C)C)cc4)Oc4ccccc4[C@@H]3C2)c1. The van der Waals surface area contributed by atoms with Gasteiger partial charge >= 0.3 is 0 Å². The highest BCUT2D eigenvalue weighted by Crippen LogP contribution is 2.47. The second-order valence-corrected chi connectivity index (χ2v) is 8.21. The van der Waals surface area contributed by atoms with E-state index in [1.807, 2.05) is 18.2 Å². The average Bonchev–Trinajstić information content (AvgIpc) is 3.24. The maximum Gasteiger partial charge on any atom is 0.213 e. The number of para-hydroxylation sites is 1. The molecule has 0 unspecified atom stereocenters. The van der Waals surface area contributed by atoms with Crippen LogP contribution < -0.4 is 9.47 Å². The second kappa shape index (κ2) is 7.52. The van der Waals surface area contributed by atoms with Crippen molar-refractivity contribution in [3.05, 3.63) is 95.1 Å². The molecule has 0 spiro atoms. The normalized spacial score (nSPS) is 19.7. The number of nitrogens with zero attached hydrogens (tertiary/aromatic N) is 2. The minimum atomic E-state index is -0.241. The van der Waals surface area contributed by atoms with Crippen molar-refractivity contribution >= 4 is 5.71 Å². The summed E-state index contributed by atoms with van der Waals surface area (Å²) in [6.45, 7) is 4.42. The van der Waals surface area contributed by atoms with Crippen LogP contribution in [0.15, 0.2) is 77.9 Å². The van der Waals surface area contributed by atoms with E-state index in [9.17, 15) is 0 Å². The van der Waals surface area contributed by atoms with Crippen LogP contribution in [0.5, 0.6) is 11.5 Å². The van der Waals surface area contributed by atoms with Crippen molar-refractivity contribution in [2.75, 3.05) is 7.11 Å². The van der Waals surface area contributed by atoms with Gasteiger partial charge in [-0.1, -0.05) is 68.4 Å². The highest BCUT2D eigenvalue weighted by Gasteiger charge is 2.40. The van der Waals surface area contributed by atoms with E-state index in [1.165, 1.54) is 11.1 Å². The summed E-state index contributed by atoms with van der Waals surface area (Å²) in [6.07, 6.45) is 0.600. The molecule has 2 heterocycles. The Bertz CT molecular complexity index is 1090. The van der Waals surface area contributed by atoms with Gasteiger partial charge in [0.1, 0.15) is 11.5 Å². The number of hydrogen-bond donors (Lipinski definition) is 0. The van der Waals surface area contributed by atoms with Crippen LogP contribution in [0.25, 0.3) is 0 Å². The van der Waals surface area contributed by atoms with Gasteiger partial charge < -0.3 is 9.47 Å². The molecule has 152 valence electrons. The summed E-state index contributed by atoms with van der Waals surface area (Å²) in [7, 11) is 1.69. The van der Waals surface area contributed by atoms with Crippen molar-refractivity contribution in [1.29, 1.82) is 0 Å². The zero-order valence-corrected chi connectivity index (χ0v) is 17.6. The van der Waals surface area contributed by atoms with Crippen LogP contribution in [0.2, 0.25) is 0 Å². The molecule has 0 fully saturated rings. The molecule has 5 rings (SSSR count). The molecule has 3 aromatic carbocycles. The summed E-state index contributed by atoms with van der Waals surface area (Å²) < 4.78 is 11.9. The van der Waals surface area contributed by atoms with Crippen LogP contribution in [0.3, 0.4) is 0 Å². The average molecular weight is 399 g/mol. The Labute approximate surface area is 177 Å². The van der Waals surface area contributed by atoms with E-state index in [1.54, 1.807) is 7.11 Å². The summed E-state index contributed by atoms with van der Waals surface area (Å²) in [5, 5.41) is 7.17. The molecular weight excluding hydrogens is 372 g/mol. The third-order valence-electron chi connectivity index (χ3n) is 5.99. The molecule has 0 radical (unpaired) electrons. The molecule has 0 saturated heterocycles. The maximum atomic E-state index is 6.46. The van der Waals surface area contributed by atoms with Gasteiger partial charge in [0.15, 0.2) is 0 Å². The van der Waals surface area contributed by atoms with Gasteiger partial charge in [-0.3, -0.25) is 0 Å². The van der Waals surface area contributed by atoms with E-state index in [-0.39, 0.29) is 12.3 Å². The minimum absolute atomic E-state index is 0.158. The number of methoxy groups -OCH3 is 1. The van der Waals surface area contributed by atoms with Gasteiger partial charge in [0.2, 0.25) is 6.23 Å². The zero-order valence-electron chi connectivity index (χ0n) is 17.6. The smallest absolute Gasteiger partial charge is 0.213 e. The van der Waals surface area contributed by atoms with Crippen molar-refractivity contribution in [3.63, 3.8) is 0 Å². The maximum absolute atomic E-state index is 6.46. The van der Waals surface area contributed by atoms with Crippen LogP contribution in [-0.4, -0.2) is 17.8 Å². The van der Waals surface area contributed by atoms with Crippen LogP contribution >= 0.6 is 0 Å². The number of hydrazone groups is 1. The number of benzene rings is 3. The molecule has 0 saturated carbocycles. The molecule has 3 aromatic rings. The lowest BCUT2D eigenvalue weighted by molar-refractivity contribution is -0.0190. The molecule has 2 aliphatic heterocycles. The lowest BCUT2D eigenvalue weighted by Gasteiger charge is -2.38. The number of hydrogen-bond acceptors (Lipinski definition) is 4. The Morgan fingerprint density at radius 1 is 1.00 bits per heavy atom. The largest absolute Gasteiger partial charge is 0.497 e. The Balaban J connectivity index is 1.55. The molecular formula is C26H26N2O2. The Kier molecular flexibility index (Phi) is 4.70. The van der Waals surface area contributed by atoms with Crippen molar-refractivity contribution in [1.82, 2.24) is 5.01 Å².